The van der Waals surface area contributed by atoms with E-state index in [1.54, 1.807) is 0 Å². The van der Waals surface area contributed by atoms with E-state index in [1.165, 1.54) is 6.33 Å². The van der Waals surface area contributed by atoms with E-state index in [0.717, 1.165) is 0 Å². The Kier molecular flexibility index (Phi) is 3.44. The first-order chi connectivity index (χ1) is 9.60. The third-order valence-electron chi connectivity index (χ3n) is 2.95. The minimum atomic E-state index is -1.32. The molecule has 4 N–H and O–H groups in total. The van der Waals surface area contributed by atoms with Gasteiger partial charge in [0, 0.05) is 0 Å². The zero-order chi connectivity index (χ0) is 14.3. The van der Waals surface area contributed by atoms with Crippen molar-refractivity contribution in [1.29, 1.82) is 0 Å². The fourth-order valence-corrected chi connectivity index (χ4v) is 2.10. The number of H-pyrrole nitrogens is 1. The number of halogens is 1. The van der Waals surface area contributed by atoms with Crippen LogP contribution in [0.25, 0.3) is 11.2 Å². The number of aromatic nitrogens is 4. The maximum Gasteiger partial charge on any atom is 0.247 e. The summed E-state index contributed by atoms with van der Waals surface area (Å²) >= 11 is 5.74. The maximum absolute atomic E-state index is 9.80. The third-order valence-corrected chi connectivity index (χ3v) is 3.12. The molecule has 2 aromatic heterocycles. The van der Waals surface area contributed by atoms with Gasteiger partial charge in [-0.1, -0.05) is 0 Å². The van der Waals surface area contributed by atoms with Gasteiger partial charge in [0.05, 0.1) is 12.9 Å². The van der Waals surface area contributed by atoms with Crippen molar-refractivity contribution < 1.29 is 24.8 Å². The van der Waals surface area contributed by atoms with E-state index in [4.69, 9.17) is 26.2 Å². The van der Waals surface area contributed by atoms with Gasteiger partial charge in [-0.05, 0) is 11.6 Å². The molecule has 0 bridgehead atoms. The molecule has 20 heavy (non-hydrogen) atoms. The molecular formula is C10H11ClN4O5. The summed E-state index contributed by atoms with van der Waals surface area (Å²) in [5.74, 6) is 0.0346. The van der Waals surface area contributed by atoms with Gasteiger partial charge in [0.25, 0.3) is 0 Å². The number of ether oxygens (including phenoxy) is 2. The molecule has 0 amide bonds. The lowest BCUT2D eigenvalue weighted by atomic mass is 10.1. The summed E-state index contributed by atoms with van der Waals surface area (Å²) in [6.07, 6.45) is -3.29. The van der Waals surface area contributed by atoms with Crippen LogP contribution in [-0.2, 0) is 4.74 Å². The minimum Gasteiger partial charge on any atom is -0.443 e. The van der Waals surface area contributed by atoms with Crippen molar-refractivity contribution >= 4 is 22.8 Å². The van der Waals surface area contributed by atoms with Gasteiger partial charge in [-0.3, -0.25) is 0 Å². The van der Waals surface area contributed by atoms with Crippen LogP contribution in [0.5, 0.6) is 5.88 Å². The average Bonchev–Trinajstić information content (AvgIpc) is 2.98. The molecule has 0 saturated carbocycles. The summed E-state index contributed by atoms with van der Waals surface area (Å²) in [6.45, 7) is -0.442. The number of nitrogens with one attached hydrogen (secondary N) is 1. The van der Waals surface area contributed by atoms with Crippen LogP contribution in [0.3, 0.4) is 0 Å². The molecule has 10 heteroatoms. The van der Waals surface area contributed by atoms with Crippen molar-refractivity contribution in [2.24, 2.45) is 0 Å². The normalized spacial score (nSPS) is 30.0. The van der Waals surface area contributed by atoms with Gasteiger partial charge in [-0.15, -0.1) is 0 Å². The zero-order valence-corrected chi connectivity index (χ0v) is 10.7. The molecule has 1 aliphatic heterocycles. The number of aromatic amines is 1. The third kappa shape index (κ3) is 2.19. The van der Waals surface area contributed by atoms with Crippen molar-refractivity contribution in [2.75, 3.05) is 6.61 Å². The Morgan fingerprint density at radius 2 is 2.15 bits per heavy atom. The average molecular weight is 303 g/mol. The number of imidazole rings is 1. The lowest BCUT2D eigenvalue weighted by Gasteiger charge is -2.16. The predicted molar refractivity (Wildman–Crippen MR) is 65.1 cm³/mol. The Balaban J connectivity index is 1.88. The molecule has 9 nitrogen and oxygen atoms in total. The number of aliphatic hydroxyl groups excluding tert-OH is 3. The highest BCUT2D eigenvalue weighted by molar-refractivity contribution is 6.28. The van der Waals surface area contributed by atoms with Crippen LogP contribution in [0, 0.1) is 0 Å². The van der Waals surface area contributed by atoms with Gasteiger partial charge in [0.15, 0.2) is 5.65 Å². The highest BCUT2D eigenvalue weighted by Crippen LogP contribution is 2.27. The number of nitrogens with zero attached hydrogens (tertiary/aromatic N) is 3. The molecule has 0 aliphatic carbocycles. The Hall–Kier alpha value is -1.52. The first-order valence-corrected chi connectivity index (χ1v) is 6.13. The van der Waals surface area contributed by atoms with Gasteiger partial charge < -0.3 is 29.8 Å². The first kappa shape index (κ1) is 13.5. The molecular weight excluding hydrogens is 292 g/mol. The molecule has 2 aromatic rings. The Morgan fingerprint density at radius 3 is 2.85 bits per heavy atom. The minimum absolute atomic E-state index is 0.0346. The van der Waals surface area contributed by atoms with E-state index in [0.29, 0.717) is 11.2 Å². The molecule has 0 aromatic carbocycles. The van der Waals surface area contributed by atoms with Crippen LogP contribution in [0.1, 0.15) is 0 Å². The molecule has 1 saturated heterocycles. The van der Waals surface area contributed by atoms with E-state index < -0.39 is 31.2 Å². The van der Waals surface area contributed by atoms with Crippen LogP contribution < -0.4 is 4.74 Å². The van der Waals surface area contributed by atoms with Gasteiger partial charge in [-0.25, -0.2) is 4.98 Å². The summed E-state index contributed by atoms with van der Waals surface area (Å²) in [5.41, 5.74) is 0.680. The van der Waals surface area contributed by atoms with E-state index in [-0.39, 0.29) is 11.2 Å². The van der Waals surface area contributed by atoms with E-state index in [1.807, 2.05) is 0 Å². The lowest BCUT2D eigenvalue weighted by molar-refractivity contribution is -0.117. The van der Waals surface area contributed by atoms with Gasteiger partial charge in [0.1, 0.15) is 23.8 Å². The van der Waals surface area contributed by atoms with Crippen LogP contribution >= 0.6 is 11.6 Å². The zero-order valence-electron chi connectivity index (χ0n) is 9.97. The molecule has 3 heterocycles. The molecule has 4 atom stereocenters. The van der Waals surface area contributed by atoms with E-state index in [2.05, 4.69) is 19.9 Å². The fourth-order valence-electron chi connectivity index (χ4n) is 1.94. The molecule has 108 valence electrons. The molecule has 1 unspecified atom stereocenters. The van der Waals surface area contributed by atoms with E-state index >= 15 is 0 Å². The summed E-state index contributed by atoms with van der Waals surface area (Å²) in [6, 6.07) is 0. The largest absolute Gasteiger partial charge is 0.443 e. The quantitative estimate of drug-likeness (QED) is 0.521. The number of hydrogen-bond acceptors (Lipinski definition) is 8. The maximum atomic E-state index is 9.80. The molecule has 1 aliphatic rings. The topological polar surface area (TPSA) is 134 Å². The first-order valence-electron chi connectivity index (χ1n) is 5.76. The van der Waals surface area contributed by atoms with Crippen molar-refractivity contribution in [3.05, 3.63) is 11.6 Å². The highest BCUT2D eigenvalue weighted by Gasteiger charge is 2.44. The lowest BCUT2D eigenvalue weighted by Crippen LogP contribution is -2.35. The second-order valence-corrected chi connectivity index (χ2v) is 4.56. The van der Waals surface area contributed by atoms with Crippen molar-refractivity contribution in [3.8, 4) is 5.88 Å². The standard InChI is InChI=1S/C10H11ClN4O5/c11-10-14-7-4(12-2-13-7)8(15-10)20-9-6(18)5(17)3(1-16)19-9/h2-3,5-6,9,16-18H,1H2,(H,12,13,14,15)/t3-,5-,6+,9?/m1/s1. The predicted octanol–water partition coefficient (Wildman–Crippen LogP) is -1.18. The molecule has 3 rings (SSSR count). The Labute approximate surface area is 117 Å². The summed E-state index contributed by atoms with van der Waals surface area (Å²) in [5, 5.41) is 28.4. The highest BCUT2D eigenvalue weighted by atomic mass is 35.5. The summed E-state index contributed by atoms with van der Waals surface area (Å²) in [4.78, 5) is 14.4. The Morgan fingerprint density at radius 1 is 1.35 bits per heavy atom. The van der Waals surface area contributed by atoms with Crippen molar-refractivity contribution in [3.63, 3.8) is 0 Å². The van der Waals surface area contributed by atoms with Crippen LogP contribution in [-0.4, -0.2) is 66.5 Å². The summed E-state index contributed by atoms with van der Waals surface area (Å²) < 4.78 is 10.6. The van der Waals surface area contributed by atoms with Crippen LogP contribution in [0.4, 0.5) is 0 Å². The summed E-state index contributed by atoms with van der Waals surface area (Å²) in [7, 11) is 0. The number of fused-ring (bicyclic) bond motifs is 1. The molecule has 1 fully saturated rings. The molecule has 0 spiro atoms. The number of hydrogen-bond donors (Lipinski definition) is 4. The van der Waals surface area contributed by atoms with E-state index in [9.17, 15) is 10.2 Å². The number of rotatable bonds is 3. The smallest absolute Gasteiger partial charge is 0.247 e. The molecule has 0 radical (unpaired) electrons. The van der Waals surface area contributed by atoms with Gasteiger partial charge >= 0.3 is 0 Å². The second kappa shape index (κ2) is 5.11. The SMILES string of the molecule is OC[C@H]1OC(Oc2nc(Cl)nc3nc[nH]c23)[C@@H](O)[C@@H]1O. The van der Waals surface area contributed by atoms with Gasteiger partial charge in [0.2, 0.25) is 17.5 Å². The second-order valence-electron chi connectivity index (χ2n) is 4.22. The van der Waals surface area contributed by atoms with Gasteiger partial charge in [-0.2, -0.15) is 9.97 Å². The van der Waals surface area contributed by atoms with Crippen LogP contribution in [0.15, 0.2) is 6.33 Å². The number of aliphatic hydroxyl groups is 3. The van der Waals surface area contributed by atoms with Crippen molar-refractivity contribution in [2.45, 2.75) is 24.6 Å². The Bertz CT molecular complexity index is 623. The van der Waals surface area contributed by atoms with Crippen molar-refractivity contribution in [1.82, 2.24) is 19.9 Å². The monoisotopic (exact) mass is 302 g/mol. The van der Waals surface area contributed by atoms with Crippen LogP contribution in [0.2, 0.25) is 5.28 Å². The fraction of sp³-hybridized carbons (Fsp3) is 0.500.